The number of carbonyl (C=O) groups is 1. The molecule has 3 aromatic heterocycles. The van der Waals surface area contributed by atoms with Crippen LogP contribution in [0, 0.1) is 13.8 Å². The van der Waals surface area contributed by atoms with Gasteiger partial charge in [-0.1, -0.05) is 27.2 Å². The second kappa shape index (κ2) is 5.93. The third-order valence-electron chi connectivity index (χ3n) is 3.95. The van der Waals surface area contributed by atoms with Gasteiger partial charge >= 0.3 is 0 Å². The molecule has 3 heterocycles. The number of amides is 1. The molecule has 6 nitrogen and oxygen atoms in total. The molecule has 4 aromatic rings. The summed E-state index contributed by atoms with van der Waals surface area (Å²) < 4.78 is 6.12. The number of nitrogens with zero attached hydrogens (tertiary/aromatic N) is 3. The lowest BCUT2D eigenvalue weighted by atomic mass is 10.1. The number of benzene rings is 1. The molecule has 0 radical (unpaired) electrons. The lowest BCUT2D eigenvalue weighted by molar-refractivity contribution is 0.102. The van der Waals surface area contributed by atoms with E-state index in [1.54, 1.807) is 19.2 Å². The maximum Gasteiger partial charge on any atom is 0.258 e. The van der Waals surface area contributed by atoms with E-state index in [0.717, 1.165) is 9.86 Å². The summed E-state index contributed by atoms with van der Waals surface area (Å²) in [5.74, 6) is -0.254. The van der Waals surface area contributed by atoms with Crippen LogP contribution in [0.15, 0.2) is 45.5 Å². The number of nitrogens with one attached hydrogen (secondary N) is 1. The summed E-state index contributed by atoms with van der Waals surface area (Å²) in [5, 5.41) is 8.41. The average Bonchev–Trinajstić information content (AvgIpc) is 2.97. The molecule has 1 amide bonds. The molecule has 25 heavy (non-hydrogen) atoms. The topological polar surface area (TPSA) is 80.9 Å². The number of anilines is 1. The van der Waals surface area contributed by atoms with Crippen LogP contribution in [0.25, 0.3) is 22.0 Å². The fourth-order valence-electron chi connectivity index (χ4n) is 2.83. The zero-order chi connectivity index (χ0) is 17.6. The number of pyridine rings is 2. The molecule has 0 fully saturated rings. The molecule has 1 aromatic carbocycles. The maximum atomic E-state index is 12.9. The molecule has 0 spiro atoms. The van der Waals surface area contributed by atoms with Crippen molar-refractivity contribution < 1.29 is 9.32 Å². The highest BCUT2D eigenvalue weighted by Crippen LogP contribution is 2.29. The minimum Gasteiger partial charge on any atom is -0.336 e. The van der Waals surface area contributed by atoms with Crippen molar-refractivity contribution in [3.63, 3.8) is 0 Å². The van der Waals surface area contributed by atoms with Crippen LogP contribution in [0.1, 0.15) is 21.7 Å². The van der Waals surface area contributed by atoms with Gasteiger partial charge in [0.2, 0.25) is 0 Å². The van der Waals surface area contributed by atoms with Crippen LogP contribution in [0.4, 0.5) is 5.69 Å². The second-order valence-electron chi connectivity index (χ2n) is 5.71. The van der Waals surface area contributed by atoms with E-state index in [2.05, 4.69) is 36.4 Å². The van der Waals surface area contributed by atoms with E-state index in [-0.39, 0.29) is 5.91 Å². The monoisotopic (exact) mass is 396 g/mol. The highest BCUT2D eigenvalue weighted by molar-refractivity contribution is 9.10. The fourth-order valence-corrected chi connectivity index (χ4v) is 3.28. The molecule has 0 aliphatic heterocycles. The quantitative estimate of drug-likeness (QED) is 0.542. The first-order chi connectivity index (χ1) is 12.0. The van der Waals surface area contributed by atoms with Crippen molar-refractivity contribution >= 4 is 49.5 Å². The Morgan fingerprint density at radius 1 is 1.24 bits per heavy atom. The van der Waals surface area contributed by atoms with Crippen LogP contribution < -0.4 is 5.32 Å². The van der Waals surface area contributed by atoms with Gasteiger partial charge in [0.1, 0.15) is 0 Å². The molecule has 4 rings (SSSR count). The Labute approximate surface area is 151 Å². The van der Waals surface area contributed by atoms with Crippen molar-refractivity contribution in [2.24, 2.45) is 0 Å². The number of halogens is 1. The molecule has 7 heteroatoms. The molecule has 0 saturated carbocycles. The van der Waals surface area contributed by atoms with Crippen LogP contribution in [-0.2, 0) is 0 Å². The van der Waals surface area contributed by atoms with Crippen LogP contribution in [0.3, 0.4) is 0 Å². The molecule has 124 valence electrons. The van der Waals surface area contributed by atoms with Gasteiger partial charge in [-0.3, -0.25) is 9.78 Å². The fraction of sp³-hybridized carbons (Fsp3) is 0.111. The summed E-state index contributed by atoms with van der Waals surface area (Å²) in [6.07, 6.45) is 1.70. The lowest BCUT2D eigenvalue weighted by Crippen LogP contribution is -2.13. The zero-order valence-electron chi connectivity index (χ0n) is 13.5. The van der Waals surface area contributed by atoms with Crippen molar-refractivity contribution in [2.45, 2.75) is 13.8 Å². The summed E-state index contributed by atoms with van der Waals surface area (Å²) in [7, 11) is 0. The predicted octanol–water partition coefficient (Wildman–Crippen LogP) is 4.40. The minimum absolute atomic E-state index is 0.254. The summed E-state index contributed by atoms with van der Waals surface area (Å²) >= 11 is 3.51. The first kappa shape index (κ1) is 15.7. The molecule has 1 N–H and O–H groups in total. The number of rotatable bonds is 2. The first-order valence-electron chi connectivity index (χ1n) is 7.63. The van der Waals surface area contributed by atoms with Crippen LogP contribution >= 0.6 is 15.9 Å². The normalized spacial score (nSPS) is 11.2. The number of hydrogen-bond donors (Lipinski definition) is 1. The third-order valence-corrected chi connectivity index (χ3v) is 4.65. The highest BCUT2D eigenvalue weighted by Gasteiger charge is 2.19. The van der Waals surface area contributed by atoms with Gasteiger partial charge < -0.3 is 9.84 Å². The smallest absolute Gasteiger partial charge is 0.258 e. The number of carbonyl (C=O) groups excluding carboxylic acids is 1. The molecule has 0 unspecified atom stereocenters. The molecule has 0 aliphatic carbocycles. The minimum atomic E-state index is -0.254. The average molecular weight is 397 g/mol. The van der Waals surface area contributed by atoms with Crippen LogP contribution in [0.2, 0.25) is 0 Å². The molecular weight excluding hydrogens is 384 g/mol. The SMILES string of the molecule is Cc1cc(C(=O)Nc2ccc(Br)c3cccnc23)c2c(C)noc2n1. The number of aryl methyl sites for hydroxylation is 2. The van der Waals surface area contributed by atoms with E-state index in [1.165, 1.54) is 0 Å². The van der Waals surface area contributed by atoms with Gasteiger partial charge in [-0.2, -0.15) is 0 Å². The Hall–Kier alpha value is -2.80. The standard InChI is InChI=1S/C18H13BrN4O2/c1-9-8-12(15-10(2)23-25-18(15)21-9)17(24)22-14-6-5-13(19)11-4-3-7-20-16(11)14/h3-8H,1-2H3,(H,22,24). The summed E-state index contributed by atoms with van der Waals surface area (Å²) in [4.78, 5) is 21.6. The van der Waals surface area contributed by atoms with E-state index in [1.807, 2.05) is 31.2 Å². The van der Waals surface area contributed by atoms with Gasteiger partial charge in [-0.25, -0.2) is 4.98 Å². The second-order valence-corrected chi connectivity index (χ2v) is 6.56. The zero-order valence-corrected chi connectivity index (χ0v) is 15.1. The molecule has 0 atom stereocenters. The highest BCUT2D eigenvalue weighted by atomic mass is 79.9. The van der Waals surface area contributed by atoms with Gasteiger partial charge in [0, 0.05) is 21.7 Å². The van der Waals surface area contributed by atoms with Crippen molar-refractivity contribution in [3.8, 4) is 0 Å². The Balaban J connectivity index is 1.82. The van der Waals surface area contributed by atoms with Crippen molar-refractivity contribution in [1.29, 1.82) is 0 Å². The van der Waals surface area contributed by atoms with Crippen LogP contribution in [0.5, 0.6) is 0 Å². The van der Waals surface area contributed by atoms with E-state index < -0.39 is 0 Å². The van der Waals surface area contributed by atoms with E-state index in [0.29, 0.717) is 39.3 Å². The lowest BCUT2D eigenvalue weighted by Gasteiger charge is -2.10. The summed E-state index contributed by atoms with van der Waals surface area (Å²) in [6.45, 7) is 3.60. The molecule has 0 bridgehead atoms. The number of aromatic nitrogens is 3. The Morgan fingerprint density at radius 3 is 2.92 bits per heavy atom. The van der Waals surface area contributed by atoms with Gasteiger partial charge in [-0.15, -0.1) is 0 Å². The first-order valence-corrected chi connectivity index (χ1v) is 8.42. The Kier molecular flexibility index (Phi) is 3.73. The molecular formula is C18H13BrN4O2. The maximum absolute atomic E-state index is 12.9. The summed E-state index contributed by atoms with van der Waals surface area (Å²) in [5.41, 5.74) is 3.52. The Morgan fingerprint density at radius 2 is 2.08 bits per heavy atom. The predicted molar refractivity (Wildman–Crippen MR) is 98.7 cm³/mol. The molecule has 0 saturated heterocycles. The third kappa shape index (κ3) is 2.66. The number of fused-ring (bicyclic) bond motifs is 2. The van der Waals surface area contributed by atoms with E-state index in [9.17, 15) is 4.79 Å². The molecule has 0 aliphatic rings. The van der Waals surface area contributed by atoms with Crippen molar-refractivity contribution in [2.75, 3.05) is 5.32 Å². The van der Waals surface area contributed by atoms with E-state index >= 15 is 0 Å². The van der Waals surface area contributed by atoms with Crippen molar-refractivity contribution in [3.05, 3.63) is 58.0 Å². The van der Waals surface area contributed by atoms with Gasteiger partial charge in [0.05, 0.1) is 27.8 Å². The van der Waals surface area contributed by atoms with E-state index in [4.69, 9.17) is 4.52 Å². The van der Waals surface area contributed by atoms with Crippen molar-refractivity contribution in [1.82, 2.24) is 15.1 Å². The summed E-state index contributed by atoms with van der Waals surface area (Å²) in [6, 6.07) is 9.24. The van der Waals surface area contributed by atoms with Gasteiger partial charge in [0.25, 0.3) is 11.6 Å². The number of hydrogen-bond acceptors (Lipinski definition) is 5. The largest absolute Gasteiger partial charge is 0.336 e. The van der Waals surface area contributed by atoms with Gasteiger partial charge in [0.15, 0.2) is 0 Å². The van der Waals surface area contributed by atoms with Gasteiger partial charge in [-0.05, 0) is 38.1 Å². The Bertz CT molecular complexity index is 1140. The van der Waals surface area contributed by atoms with Crippen LogP contribution in [-0.4, -0.2) is 21.0 Å².